The van der Waals surface area contributed by atoms with Crippen LogP contribution in [0, 0.1) is 0 Å². The summed E-state index contributed by atoms with van der Waals surface area (Å²) in [6, 6.07) is 0.315. The van der Waals surface area contributed by atoms with Gasteiger partial charge in [-0.15, -0.1) is 0 Å². The predicted molar refractivity (Wildman–Crippen MR) is 70.1 cm³/mol. The van der Waals surface area contributed by atoms with E-state index in [2.05, 4.69) is 6.92 Å². The lowest BCUT2D eigenvalue weighted by Gasteiger charge is -2.24. The molecule has 1 saturated heterocycles. The molecule has 0 saturated carbocycles. The number of amides is 1. The number of likely N-dealkylation sites (tertiary alicyclic amines) is 1. The van der Waals surface area contributed by atoms with Gasteiger partial charge in [0.2, 0.25) is 5.91 Å². The van der Waals surface area contributed by atoms with E-state index in [1.807, 2.05) is 11.8 Å². The molecular formula is C14H25NO3. The molecule has 0 spiro atoms. The van der Waals surface area contributed by atoms with Crippen LogP contribution >= 0.6 is 0 Å². The van der Waals surface area contributed by atoms with Gasteiger partial charge in [0.05, 0.1) is 0 Å². The summed E-state index contributed by atoms with van der Waals surface area (Å²) in [5.41, 5.74) is 0. The van der Waals surface area contributed by atoms with Crippen LogP contribution in [0.1, 0.15) is 59.3 Å². The summed E-state index contributed by atoms with van der Waals surface area (Å²) in [7, 11) is 0. The van der Waals surface area contributed by atoms with Crippen LogP contribution in [0.2, 0.25) is 0 Å². The van der Waals surface area contributed by atoms with Gasteiger partial charge in [0.1, 0.15) is 6.10 Å². The van der Waals surface area contributed by atoms with Crippen molar-refractivity contribution >= 4 is 11.9 Å². The van der Waals surface area contributed by atoms with Gasteiger partial charge in [-0.2, -0.15) is 0 Å². The molecule has 2 atom stereocenters. The third kappa shape index (κ3) is 4.67. The topological polar surface area (TPSA) is 46.6 Å². The highest BCUT2D eigenvalue weighted by molar-refractivity contribution is 5.78. The number of hydrogen-bond acceptors (Lipinski definition) is 3. The second-order valence-electron chi connectivity index (χ2n) is 5.11. The number of ether oxygens (including phenoxy) is 1. The van der Waals surface area contributed by atoms with Crippen molar-refractivity contribution in [3.63, 3.8) is 0 Å². The van der Waals surface area contributed by atoms with Crippen LogP contribution in [0.3, 0.4) is 0 Å². The molecule has 0 aromatic heterocycles. The highest BCUT2D eigenvalue weighted by atomic mass is 16.5. The molecule has 0 aromatic rings. The van der Waals surface area contributed by atoms with Gasteiger partial charge < -0.3 is 9.64 Å². The summed E-state index contributed by atoms with van der Waals surface area (Å²) in [5, 5.41) is 0. The smallest absolute Gasteiger partial charge is 0.302 e. The van der Waals surface area contributed by atoms with Gasteiger partial charge in [-0.1, -0.05) is 6.92 Å². The maximum absolute atomic E-state index is 11.6. The highest BCUT2D eigenvalue weighted by Crippen LogP contribution is 2.18. The minimum absolute atomic E-state index is 0.0315. The molecule has 18 heavy (non-hydrogen) atoms. The first-order chi connectivity index (χ1) is 8.54. The Balaban J connectivity index is 2.23. The van der Waals surface area contributed by atoms with Crippen molar-refractivity contribution in [1.82, 2.24) is 4.90 Å². The average Bonchev–Trinajstić information content (AvgIpc) is 2.73. The number of esters is 1. The second kappa shape index (κ2) is 7.39. The Morgan fingerprint density at radius 2 is 2.17 bits per heavy atom. The molecule has 0 bridgehead atoms. The predicted octanol–water partition coefficient (Wildman–Crippen LogP) is 2.51. The summed E-state index contributed by atoms with van der Waals surface area (Å²) in [5.74, 6) is 0.0825. The summed E-state index contributed by atoms with van der Waals surface area (Å²) < 4.78 is 5.21. The zero-order valence-corrected chi connectivity index (χ0v) is 11.8. The van der Waals surface area contributed by atoms with Crippen molar-refractivity contribution in [2.24, 2.45) is 0 Å². The number of carbonyl (C=O) groups excluding carboxylic acids is 2. The van der Waals surface area contributed by atoms with Crippen molar-refractivity contribution in [3.05, 3.63) is 0 Å². The fourth-order valence-electron chi connectivity index (χ4n) is 2.51. The first-order valence-corrected chi connectivity index (χ1v) is 7.01. The van der Waals surface area contributed by atoms with Gasteiger partial charge in [0, 0.05) is 25.9 Å². The van der Waals surface area contributed by atoms with Gasteiger partial charge in [-0.25, -0.2) is 0 Å². The molecule has 4 nitrogen and oxygen atoms in total. The first kappa shape index (κ1) is 15.0. The van der Waals surface area contributed by atoms with E-state index in [-0.39, 0.29) is 18.0 Å². The fraction of sp³-hybridized carbons (Fsp3) is 0.857. The molecule has 0 aromatic carbocycles. The minimum atomic E-state index is -0.204. The maximum Gasteiger partial charge on any atom is 0.302 e. The molecule has 2 unspecified atom stereocenters. The number of nitrogens with zero attached hydrogens (tertiary/aromatic N) is 1. The third-order valence-corrected chi connectivity index (χ3v) is 3.58. The van der Waals surface area contributed by atoms with E-state index in [1.54, 1.807) is 0 Å². The van der Waals surface area contributed by atoms with Crippen molar-refractivity contribution in [3.8, 4) is 0 Å². The Morgan fingerprint density at radius 1 is 1.44 bits per heavy atom. The van der Waals surface area contributed by atoms with Gasteiger partial charge in [0.25, 0.3) is 0 Å². The number of rotatable bonds is 7. The van der Waals surface area contributed by atoms with E-state index in [4.69, 9.17) is 4.74 Å². The third-order valence-electron chi connectivity index (χ3n) is 3.58. The van der Waals surface area contributed by atoms with Gasteiger partial charge in [-0.05, 0) is 39.0 Å². The summed E-state index contributed by atoms with van der Waals surface area (Å²) >= 11 is 0. The summed E-state index contributed by atoms with van der Waals surface area (Å²) in [6.45, 7) is 6.49. The lowest BCUT2D eigenvalue weighted by Crippen LogP contribution is -2.34. The Hall–Kier alpha value is -1.06. The van der Waals surface area contributed by atoms with E-state index in [0.29, 0.717) is 12.5 Å². The Kier molecular flexibility index (Phi) is 6.16. The van der Waals surface area contributed by atoms with E-state index < -0.39 is 0 Å². The number of carbonyl (C=O) groups is 2. The zero-order chi connectivity index (χ0) is 13.5. The molecule has 1 rings (SSSR count). The van der Waals surface area contributed by atoms with Gasteiger partial charge >= 0.3 is 5.97 Å². The molecule has 1 aliphatic heterocycles. The molecule has 1 amide bonds. The largest absolute Gasteiger partial charge is 0.463 e. The monoisotopic (exact) mass is 255 g/mol. The Bertz CT molecular complexity index is 291. The average molecular weight is 255 g/mol. The first-order valence-electron chi connectivity index (χ1n) is 7.01. The Morgan fingerprint density at radius 3 is 2.67 bits per heavy atom. The molecule has 4 heteroatoms. The van der Waals surface area contributed by atoms with E-state index in [0.717, 1.165) is 38.6 Å². The van der Waals surface area contributed by atoms with E-state index in [1.165, 1.54) is 6.92 Å². The highest BCUT2D eigenvalue weighted by Gasteiger charge is 2.24. The van der Waals surface area contributed by atoms with Crippen LogP contribution in [0.4, 0.5) is 0 Å². The summed E-state index contributed by atoms with van der Waals surface area (Å²) in [4.78, 5) is 24.4. The molecule has 0 radical (unpaired) electrons. The molecule has 1 aliphatic rings. The van der Waals surface area contributed by atoms with Crippen LogP contribution in [0.25, 0.3) is 0 Å². The molecule has 1 heterocycles. The van der Waals surface area contributed by atoms with Crippen molar-refractivity contribution < 1.29 is 14.3 Å². The molecular weight excluding hydrogens is 230 g/mol. The quantitative estimate of drug-likeness (QED) is 0.657. The van der Waals surface area contributed by atoms with Crippen LogP contribution in [0.15, 0.2) is 0 Å². The SMILES string of the molecule is CCC(CCCC(C)N1CCCC1=O)OC(C)=O. The van der Waals surface area contributed by atoms with Crippen molar-refractivity contribution in [2.75, 3.05) is 6.54 Å². The van der Waals surface area contributed by atoms with Crippen LogP contribution in [-0.2, 0) is 14.3 Å². The van der Waals surface area contributed by atoms with Crippen molar-refractivity contribution in [1.29, 1.82) is 0 Å². The van der Waals surface area contributed by atoms with Crippen LogP contribution in [-0.4, -0.2) is 35.5 Å². The Labute approximate surface area is 110 Å². The van der Waals surface area contributed by atoms with Gasteiger partial charge in [-0.3, -0.25) is 9.59 Å². The molecule has 0 N–H and O–H groups in total. The molecule has 104 valence electrons. The van der Waals surface area contributed by atoms with Crippen LogP contribution in [0.5, 0.6) is 0 Å². The zero-order valence-electron chi connectivity index (χ0n) is 11.8. The fourth-order valence-corrected chi connectivity index (χ4v) is 2.51. The molecule has 0 aliphatic carbocycles. The second-order valence-corrected chi connectivity index (χ2v) is 5.11. The van der Waals surface area contributed by atoms with Gasteiger partial charge in [0.15, 0.2) is 0 Å². The normalized spacial score (nSPS) is 18.8. The van der Waals surface area contributed by atoms with Crippen molar-refractivity contribution in [2.45, 2.75) is 71.4 Å². The number of hydrogen-bond donors (Lipinski definition) is 0. The molecule has 1 fully saturated rings. The summed E-state index contributed by atoms with van der Waals surface area (Å²) in [6.07, 6.45) is 5.46. The lowest BCUT2D eigenvalue weighted by molar-refractivity contribution is -0.146. The van der Waals surface area contributed by atoms with E-state index >= 15 is 0 Å². The maximum atomic E-state index is 11.6. The van der Waals surface area contributed by atoms with E-state index in [9.17, 15) is 9.59 Å². The standard InChI is InChI=1S/C14H25NO3/c1-4-13(18-12(3)16)8-5-7-11(2)15-10-6-9-14(15)17/h11,13H,4-10H2,1-3H3. The minimum Gasteiger partial charge on any atom is -0.463 e. The van der Waals surface area contributed by atoms with Crippen LogP contribution < -0.4 is 0 Å². The lowest BCUT2D eigenvalue weighted by atomic mass is 10.1.